The Morgan fingerprint density at radius 1 is 1.21 bits per heavy atom. The Kier molecular flexibility index (Phi) is 3.77. The summed E-state index contributed by atoms with van der Waals surface area (Å²) in [6, 6.07) is 0. The van der Waals surface area contributed by atoms with Crippen molar-refractivity contribution in [3.63, 3.8) is 0 Å². The Labute approximate surface area is 171 Å². The molecule has 5 heteroatoms. The number of allylic oxidation sites excluding steroid dienone is 4. The van der Waals surface area contributed by atoms with Crippen molar-refractivity contribution in [2.75, 3.05) is 0 Å². The Hall–Kier alpha value is -1.75. The van der Waals surface area contributed by atoms with Crippen LogP contribution in [0.25, 0.3) is 0 Å². The molecule has 0 heterocycles. The topological polar surface area (TPSA) is 80.7 Å². The molecule has 5 aliphatic rings. The molecule has 1 N–H and O–H groups in total. The zero-order chi connectivity index (χ0) is 20.9. The number of carbonyl (C=O) groups is 3. The predicted molar refractivity (Wildman–Crippen MR) is 106 cm³/mol. The van der Waals surface area contributed by atoms with Crippen molar-refractivity contribution >= 4 is 17.5 Å². The van der Waals surface area contributed by atoms with Gasteiger partial charge in [0.1, 0.15) is 0 Å². The molecule has 0 amide bonds. The van der Waals surface area contributed by atoms with Crippen LogP contribution in [0.1, 0.15) is 53.4 Å². The molecule has 0 bridgehead atoms. The fourth-order valence-corrected chi connectivity index (χ4v) is 8.06. The van der Waals surface area contributed by atoms with Gasteiger partial charge in [-0.1, -0.05) is 26.0 Å². The summed E-state index contributed by atoms with van der Waals surface area (Å²) < 4.78 is 5.76. The van der Waals surface area contributed by atoms with Crippen LogP contribution in [-0.2, 0) is 19.1 Å². The fourth-order valence-electron chi connectivity index (χ4n) is 8.06. The quantitative estimate of drug-likeness (QED) is 0.723. The van der Waals surface area contributed by atoms with Crippen LogP contribution >= 0.6 is 0 Å². The van der Waals surface area contributed by atoms with Gasteiger partial charge in [-0.05, 0) is 62.0 Å². The number of rotatable bonds is 2. The highest BCUT2D eigenvalue weighted by atomic mass is 16.6. The van der Waals surface area contributed by atoms with Crippen LogP contribution < -0.4 is 0 Å². The molecular weight excluding hydrogens is 368 g/mol. The van der Waals surface area contributed by atoms with Gasteiger partial charge in [0.05, 0.1) is 6.10 Å². The molecule has 0 unspecified atom stereocenters. The molecule has 3 fully saturated rings. The van der Waals surface area contributed by atoms with Gasteiger partial charge in [-0.15, -0.1) is 0 Å². The van der Waals surface area contributed by atoms with E-state index < -0.39 is 23.1 Å². The number of esters is 1. The number of fused-ring (bicyclic) bond motifs is 7. The lowest BCUT2D eigenvalue weighted by Crippen LogP contribution is -2.62. The molecule has 0 spiro atoms. The van der Waals surface area contributed by atoms with E-state index in [9.17, 15) is 19.5 Å². The lowest BCUT2D eigenvalue weighted by Gasteiger charge is -2.59. The molecule has 0 aliphatic heterocycles. The van der Waals surface area contributed by atoms with Gasteiger partial charge in [0, 0.05) is 29.6 Å². The van der Waals surface area contributed by atoms with E-state index in [0.717, 1.165) is 18.4 Å². The molecule has 0 aromatic carbocycles. The first-order valence-electron chi connectivity index (χ1n) is 10.9. The third-order valence-electron chi connectivity index (χ3n) is 9.40. The Balaban J connectivity index is 1.60. The largest absolute Gasteiger partial charge is 0.451 e. The molecule has 29 heavy (non-hydrogen) atoms. The minimum Gasteiger partial charge on any atom is -0.451 e. The van der Waals surface area contributed by atoms with E-state index in [1.807, 2.05) is 6.92 Å². The number of carbonyl (C=O) groups excluding carboxylic acids is 3. The van der Waals surface area contributed by atoms with Crippen LogP contribution in [0.15, 0.2) is 23.8 Å². The molecule has 156 valence electrons. The fraction of sp³-hybridized carbons (Fsp3) is 0.708. The Morgan fingerprint density at radius 2 is 1.93 bits per heavy atom. The summed E-state index contributed by atoms with van der Waals surface area (Å²) in [4.78, 5) is 37.0. The maximum absolute atomic E-state index is 12.8. The summed E-state index contributed by atoms with van der Waals surface area (Å²) in [6.07, 6.45) is 8.09. The van der Waals surface area contributed by atoms with Crippen LogP contribution in [0.3, 0.4) is 0 Å². The van der Waals surface area contributed by atoms with Gasteiger partial charge in [0.2, 0.25) is 0 Å². The maximum Gasteiger partial charge on any atom is 0.303 e. The zero-order valence-corrected chi connectivity index (χ0v) is 17.6. The molecule has 5 nitrogen and oxygen atoms in total. The smallest absolute Gasteiger partial charge is 0.303 e. The van der Waals surface area contributed by atoms with Gasteiger partial charge in [0.25, 0.3) is 0 Å². The average Bonchev–Trinajstić information content (AvgIpc) is 3.38. The molecular formula is C24H30O5. The van der Waals surface area contributed by atoms with Crippen molar-refractivity contribution in [1.29, 1.82) is 0 Å². The standard InChI is InChI=1S/C24H30O5/c1-12(25)24(29-13(2)26)8-7-17-15-6-5-14-9-19(27)16-10-18(16)23(14,4)21(15)20(28)11-22(17,24)3/h5-6,9,15-18,20-21,28H,7-8,10-11H2,1-4H3/t15-,16+,17-,18-,20-,21+,22-,23+,24-/m0/s1. The van der Waals surface area contributed by atoms with Crippen LogP contribution in [0.2, 0.25) is 0 Å². The first-order chi connectivity index (χ1) is 13.6. The van der Waals surface area contributed by atoms with Crippen LogP contribution in [0, 0.1) is 40.4 Å². The highest BCUT2D eigenvalue weighted by molar-refractivity contribution is 5.97. The second-order valence-electron chi connectivity index (χ2n) is 10.5. The van der Waals surface area contributed by atoms with Crippen LogP contribution in [0.5, 0.6) is 0 Å². The monoisotopic (exact) mass is 398 g/mol. The first-order valence-corrected chi connectivity index (χ1v) is 10.9. The second kappa shape index (κ2) is 5.69. The van der Waals surface area contributed by atoms with Crippen molar-refractivity contribution in [2.45, 2.75) is 65.1 Å². The molecule has 0 saturated heterocycles. The van der Waals surface area contributed by atoms with E-state index in [-0.39, 0.29) is 40.7 Å². The summed E-state index contributed by atoms with van der Waals surface area (Å²) >= 11 is 0. The van der Waals surface area contributed by atoms with Crippen molar-refractivity contribution in [3.8, 4) is 0 Å². The third kappa shape index (κ3) is 2.17. The second-order valence-corrected chi connectivity index (χ2v) is 10.5. The number of ether oxygens (including phenoxy) is 1. The molecule has 0 radical (unpaired) electrons. The summed E-state index contributed by atoms with van der Waals surface area (Å²) in [5, 5.41) is 11.5. The molecule has 5 aliphatic carbocycles. The van der Waals surface area contributed by atoms with Gasteiger partial charge in [-0.2, -0.15) is 0 Å². The molecule has 3 saturated carbocycles. The van der Waals surface area contributed by atoms with Crippen molar-refractivity contribution in [1.82, 2.24) is 0 Å². The molecule has 0 aromatic rings. The van der Waals surface area contributed by atoms with E-state index in [1.165, 1.54) is 13.8 Å². The summed E-state index contributed by atoms with van der Waals surface area (Å²) in [7, 11) is 0. The minimum absolute atomic E-state index is 0.0278. The first kappa shape index (κ1) is 19.2. The van der Waals surface area contributed by atoms with Crippen molar-refractivity contribution in [3.05, 3.63) is 23.8 Å². The van der Waals surface area contributed by atoms with Crippen molar-refractivity contribution in [2.24, 2.45) is 40.4 Å². The minimum atomic E-state index is -1.16. The van der Waals surface area contributed by atoms with Gasteiger partial charge in [-0.3, -0.25) is 14.4 Å². The number of ketones is 2. The van der Waals surface area contributed by atoms with Crippen molar-refractivity contribution < 1.29 is 24.2 Å². The summed E-state index contributed by atoms with van der Waals surface area (Å²) in [6.45, 7) is 7.12. The molecule has 5 rings (SSSR count). The number of Topliss-reactive ketones (excluding diaryl/α,β-unsaturated/α-hetero) is 1. The third-order valence-corrected chi connectivity index (χ3v) is 9.40. The number of aliphatic hydroxyl groups excluding tert-OH is 1. The Bertz CT molecular complexity index is 886. The van der Waals surface area contributed by atoms with E-state index in [0.29, 0.717) is 18.8 Å². The SMILES string of the molecule is CC(=O)O[C@]1(C(C)=O)CC[C@H]2[C@@H]3C=CC4=CC(=O)[C@@H]5C[C@@H]5[C@]4(C)[C@H]3[C@@H](O)C[C@@]21C. The zero-order valence-electron chi connectivity index (χ0n) is 17.6. The van der Waals surface area contributed by atoms with Crippen LogP contribution in [0.4, 0.5) is 0 Å². The number of hydrogen-bond donors (Lipinski definition) is 1. The predicted octanol–water partition coefficient (Wildman–Crippen LogP) is 3.01. The van der Waals surface area contributed by atoms with E-state index >= 15 is 0 Å². The molecule has 9 atom stereocenters. The van der Waals surface area contributed by atoms with Gasteiger partial charge >= 0.3 is 5.97 Å². The van der Waals surface area contributed by atoms with Gasteiger partial charge < -0.3 is 9.84 Å². The normalized spacial score (nSPS) is 51.9. The summed E-state index contributed by atoms with van der Waals surface area (Å²) in [5.41, 5.74) is -0.909. The number of hydrogen-bond acceptors (Lipinski definition) is 5. The lowest BCUT2D eigenvalue weighted by molar-refractivity contribution is -0.194. The van der Waals surface area contributed by atoms with Crippen LogP contribution in [-0.4, -0.2) is 34.3 Å². The van der Waals surface area contributed by atoms with E-state index in [2.05, 4.69) is 19.1 Å². The highest BCUT2D eigenvalue weighted by Crippen LogP contribution is 2.71. The lowest BCUT2D eigenvalue weighted by atomic mass is 9.46. The number of aliphatic hydroxyl groups is 1. The average molecular weight is 398 g/mol. The highest BCUT2D eigenvalue weighted by Gasteiger charge is 2.71. The van der Waals surface area contributed by atoms with Gasteiger partial charge in [0.15, 0.2) is 17.2 Å². The van der Waals surface area contributed by atoms with E-state index in [4.69, 9.17) is 4.74 Å². The van der Waals surface area contributed by atoms with Gasteiger partial charge in [-0.25, -0.2) is 0 Å². The van der Waals surface area contributed by atoms with E-state index in [1.54, 1.807) is 6.08 Å². The summed E-state index contributed by atoms with van der Waals surface area (Å²) in [5.74, 6) is 0.367. The maximum atomic E-state index is 12.8. The Morgan fingerprint density at radius 3 is 2.59 bits per heavy atom. The molecule has 0 aromatic heterocycles.